The van der Waals surface area contributed by atoms with E-state index >= 15 is 0 Å². The monoisotopic (exact) mass is 371 g/mol. The van der Waals surface area contributed by atoms with Crippen LogP contribution in [0.1, 0.15) is 30.5 Å². The normalized spacial score (nSPS) is 12.9. The quantitative estimate of drug-likeness (QED) is 0.340. The molecule has 2 aromatic rings. The molecule has 0 aliphatic carbocycles. The molecule has 0 heterocycles. The Morgan fingerprint density at radius 2 is 1.93 bits per heavy atom. The van der Waals surface area contributed by atoms with E-state index in [1.807, 2.05) is 13.0 Å². The van der Waals surface area contributed by atoms with Gasteiger partial charge in [-0.1, -0.05) is 13.0 Å². The predicted molar refractivity (Wildman–Crippen MR) is 104 cm³/mol. The molecule has 27 heavy (non-hydrogen) atoms. The molecule has 0 saturated heterocycles. The maximum atomic E-state index is 12.2. The van der Waals surface area contributed by atoms with Gasteiger partial charge in [0.1, 0.15) is 18.2 Å². The Morgan fingerprint density at radius 1 is 1.26 bits per heavy atom. The molecule has 144 valence electrons. The molecule has 0 amide bonds. The highest BCUT2D eigenvalue weighted by Crippen LogP contribution is 2.34. The van der Waals surface area contributed by atoms with Gasteiger partial charge in [0.25, 0.3) is 0 Å². The minimum atomic E-state index is -1.46. The number of benzene rings is 2. The fourth-order valence-electron chi connectivity index (χ4n) is 2.73. The molecule has 0 bridgehead atoms. The van der Waals surface area contributed by atoms with Gasteiger partial charge >= 0.3 is 5.97 Å². The maximum absolute atomic E-state index is 12.2. The maximum Gasteiger partial charge on any atom is 0.333 e. The Kier molecular flexibility index (Phi) is 6.41. The van der Waals surface area contributed by atoms with Gasteiger partial charge in [0, 0.05) is 16.8 Å². The first kappa shape index (κ1) is 20.3. The van der Waals surface area contributed by atoms with Crippen molar-refractivity contribution >= 4 is 17.5 Å². The van der Waals surface area contributed by atoms with Crippen molar-refractivity contribution < 1.29 is 19.7 Å². The number of nitrogens with one attached hydrogen (secondary N) is 2. The lowest BCUT2D eigenvalue weighted by atomic mass is 9.89. The number of nitrogen functional groups attached to an aromatic ring is 1. The van der Waals surface area contributed by atoms with Crippen molar-refractivity contribution in [3.05, 3.63) is 59.2 Å². The zero-order chi connectivity index (χ0) is 20.0. The molecule has 0 aromatic heterocycles. The number of aryl methyl sites for hydroxylation is 1. The Labute approximate surface area is 158 Å². The molecule has 0 aliphatic rings. The number of aliphatic hydroxyl groups is 1. The number of amidine groups is 1. The third kappa shape index (κ3) is 4.57. The Balaban J connectivity index is 2.47. The summed E-state index contributed by atoms with van der Waals surface area (Å²) in [6.07, 6.45) is 0.746. The molecule has 1 atom stereocenters. The summed E-state index contributed by atoms with van der Waals surface area (Å²) in [5.74, 6) is -0.725. The van der Waals surface area contributed by atoms with E-state index in [0.29, 0.717) is 22.6 Å². The number of carbonyl (C=O) groups is 1. The molecule has 0 fully saturated rings. The SMILES string of the molecule is CCc1ccc(OCCO)c(C(C)(Nc2ccc(C(=N)N)cc2)C(=O)O)c1. The van der Waals surface area contributed by atoms with E-state index in [1.54, 1.807) is 43.3 Å². The van der Waals surface area contributed by atoms with Crippen LogP contribution in [0.25, 0.3) is 0 Å². The average Bonchev–Trinajstić information content (AvgIpc) is 2.66. The summed E-state index contributed by atoms with van der Waals surface area (Å²) < 4.78 is 5.57. The smallest absolute Gasteiger partial charge is 0.333 e. The van der Waals surface area contributed by atoms with E-state index in [1.165, 1.54) is 0 Å². The lowest BCUT2D eigenvalue weighted by Crippen LogP contribution is -2.41. The van der Waals surface area contributed by atoms with Crippen molar-refractivity contribution in [3.8, 4) is 5.75 Å². The second-order valence-electron chi connectivity index (χ2n) is 6.30. The number of anilines is 1. The van der Waals surface area contributed by atoms with Gasteiger partial charge in [-0.2, -0.15) is 0 Å². The summed E-state index contributed by atoms with van der Waals surface area (Å²) in [5.41, 5.74) is 6.56. The Hall–Kier alpha value is -3.06. The fraction of sp³-hybridized carbons (Fsp3) is 0.300. The first-order valence-electron chi connectivity index (χ1n) is 8.65. The van der Waals surface area contributed by atoms with E-state index in [2.05, 4.69) is 5.32 Å². The predicted octanol–water partition coefficient (Wildman–Crippen LogP) is 2.32. The highest BCUT2D eigenvalue weighted by Gasteiger charge is 2.38. The molecular weight excluding hydrogens is 346 g/mol. The van der Waals surface area contributed by atoms with Gasteiger partial charge in [0.15, 0.2) is 5.54 Å². The minimum absolute atomic E-state index is 0.0575. The molecule has 1 unspecified atom stereocenters. The summed E-state index contributed by atoms with van der Waals surface area (Å²) in [5, 5.41) is 29.5. The molecule has 6 N–H and O–H groups in total. The fourth-order valence-corrected chi connectivity index (χ4v) is 2.73. The minimum Gasteiger partial charge on any atom is -0.491 e. The molecule has 2 aromatic carbocycles. The van der Waals surface area contributed by atoms with Crippen LogP contribution in [0.3, 0.4) is 0 Å². The lowest BCUT2D eigenvalue weighted by Gasteiger charge is -2.30. The highest BCUT2D eigenvalue weighted by atomic mass is 16.5. The topological polar surface area (TPSA) is 129 Å². The highest BCUT2D eigenvalue weighted by molar-refractivity contribution is 5.95. The van der Waals surface area contributed by atoms with E-state index in [9.17, 15) is 9.90 Å². The van der Waals surface area contributed by atoms with Crippen LogP contribution < -0.4 is 15.8 Å². The average molecular weight is 371 g/mol. The third-order valence-electron chi connectivity index (χ3n) is 4.36. The summed E-state index contributed by atoms with van der Waals surface area (Å²) in [7, 11) is 0. The van der Waals surface area contributed by atoms with Crippen LogP contribution in [0, 0.1) is 5.41 Å². The number of carboxylic acids is 1. The molecule has 2 rings (SSSR count). The molecular formula is C20H25N3O4. The van der Waals surface area contributed by atoms with Crippen LogP contribution in [0.15, 0.2) is 42.5 Å². The van der Waals surface area contributed by atoms with Gasteiger partial charge in [0.05, 0.1) is 6.61 Å². The largest absolute Gasteiger partial charge is 0.491 e. The second-order valence-corrected chi connectivity index (χ2v) is 6.30. The van der Waals surface area contributed by atoms with Gasteiger partial charge in [-0.3, -0.25) is 5.41 Å². The van der Waals surface area contributed by atoms with Crippen LogP contribution in [0.2, 0.25) is 0 Å². The van der Waals surface area contributed by atoms with Crippen LogP contribution in [0.5, 0.6) is 5.75 Å². The number of rotatable bonds is 9. The molecule has 0 saturated carbocycles. The Morgan fingerprint density at radius 3 is 2.44 bits per heavy atom. The second kappa shape index (κ2) is 8.55. The number of nitrogens with two attached hydrogens (primary N) is 1. The summed E-state index contributed by atoms with van der Waals surface area (Å²) in [6, 6.07) is 12.1. The molecule has 7 nitrogen and oxygen atoms in total. The van der Waals surface area contributed by atoms with Crippen molar-refractivity contribution in [1.82, 2.24) is 0 Å². The van der Waals surface area contributed by atoms with Crippen LogP contribution in [0.4, 0.5) is 5.69 Å². The van der Waals surface area contributed by atoms with E-state index in [-0.39, 0.29) is 19.0 Å². The summed E-state index contributed by atoms with van der Waals surface area (Å²) >= 11 is 0. The lowest BCUT2D eigenvalue weighted by molar-refractivity contribution is -0.142. The standard InChI is InChI=1S/C20H25N3O4/c1-3-13-4-9-17(27-11-10-24)16(12-13)20(2,19(25)26)23-15-7-5-14(6-8-15)18(21)22/h4-9,12,23-24H,3,10-11H2,1-2H3,(H3,21,22)(H,25,26). The van der Waals surface area contributed by atoms with Crippen molar-refractivity contribution in [1.29, 1.82) is 5.41 Å². The first-order valence-corrected chi connectivity index (χ1v) is 8.65. The number of hydrogen-bond acceptors (Lipinski definition) is 5. The van der Waals surface area contributed by atoms with E-state index < -0.39 is 11.5 Å². The third-order valence-corrected chi connectivity index (χ3v) is 4.36. The van der Waals surface area contributed by atoms with Crippen molar-refractivity contribution in [2.75, 3.05) is 18.5 Å². The number of hydrogen-bond donors (Lipinski definition) is 5. The zero-order valence-corrected chi connectivity index (χ0v) is 15.5. The summed E-state index contributed by atoms with van der Waals surface area (Å²) in [6.45, 7) is 3.45. The summed E-state index contributed by atoms with van der Waals surface area (Å²) in [4.78, 5) is 12.2. The van der Waals surface area contributed by atoms with Crippen molar-refractivity contribution in [2.24, 2.45) is 5.73 Å². The van der Waals surface area contributed by atoms with Gasteiger partial charge in [-0.25, -0.2) is 4.79 Å². The number of aliphatic carboxylic acids is 1. The molecule has 0 spiro atoms. The van der Waals surface area contributed by atoms with Crippen LogP contribution in [-0.2, 0) is 16.8 Å². The molecule has 7 heteroatoms. The van der Waals surface area contributed by atoms with Crippen molar-refractivity contribution in [2.45, 2.75) is 25.8 Å². The van der Waals surface area contributed by atoms with Crippen LogP contribution >= 0.6 is 0 Å². The van der Waals surface area contributed by atoms with Crippen LogP contribution in [-0.4, -0.2) is 35.2 Å². The van der Waals surface area contributed by atoms with Gasteiger partial charge in [0.2, 0.25) is 0 Å². The van der Waals surface area contributed by atoms with E-state index in [0.717, 1.165) is 12.0 Å². The molecule has 0 aliphatic heterocycles. The first-order chi connectivity index (χ1) is 12.8. The van der Waals surface area contributed by atoms with Crippen molar-refractivity contribution in [3.63, 3.8) is 0 Å². The zero-order valence-electron chi connectivity index (χ0n) is 15.5. The van der Waals surface area contributed by atoms with E-state index in [4.69, 9.17) is 21.0 Å². The molecule has 0 radical (unpaired) electrons. The van der Waals surface area contributed by atoms with Gasteiger partial charge < -0.3 is 26.0 Å². The van der Waals surface area contributed by atoms with Gasteiger partial charge in [-0.05, 0) is 55.3 Å². The number of carboxylic acid groups (broad SMARTS) is 1. The Bertz CT molecular complexity index is 820. The van der Waals surface area contributed by atoms with Gasteiger partial charge in [-0.15, -0.1) is 0 Å². The number of aliphatic hydroxyl groups excluding tert-OH is 1. The number of ether oxygens (including phenoxy) is 1.